The van der Waals surface area contributed by atoms with E-state index in [0.29, 0.717) is 12.0 Å². The lowest BCUT2D eigenvalue weighted by molar-refractivity contribution is -0.193. The molecular formula is C26H30O6. The van der Waals surface area contributed by atoms with Gasteiger partial charge in [-0.2, -0.15) is 0 Å². The van der Waals surface area contributed by atoms with E-state index in [0.717, 1.165) is 6.42 Å². The van der Waals surface area contributed by atoms with E-state index in [-0.39, 0.29) is 35.4 Å². The van der Waals surface area contributed by atoms with Crippen LogP contribution in [0.5, 0.6) is 0 Å². The molecule has 10 atom stereocenters. The zero-order chi connectivity index (χ0) is 22.8. The smallest absolute Gasteiger partial charge is 0.338 e. The van der Waals surface area contributed by atoms with Crippen molar-refractivity contribution in [3.05, 3.63) is 48.0 Å². The molecule has 0 spiro atoms. The monoisotopic (exact) mass is 438 g/mol. The van der Waals surface area contributed by atoms with Crippen molar-refractivity contribution < 1.29 is 29.0 Å². The molecule has 5 rings (SSSR count). The van der Waals surface area contributed by atoms with E-state index >= 15 is 0 Å². The summed E-state index contributed by atoms with van der Waals surface area (Å²) in [6, 6.07) is 8.78. The lowest BCUT2D eigenvalue weighted by Crippen LogP contribution is -2.67. The van der Waals surface area contributed by atoms with Crippen molar-refractivity contribution in [1.82, 2.24) is 0 Å². The number of Topliss-reactive ketones (excluding diaryl/α,β-unsaturated/α-hetero) is 1. The van der Waals surface area contributed by atoms with Crippen LogP contribution in [0.15, 0.2) is 42.5 Å². The summed E-state index contributed by atoms with van der Waals surface area (Å²) in [6.07, 6.45) is 4.05. The number of allylic oxidation sites excluding steroid dienone is 2. The van der Waals surface area contributed by atoms with E-state index in [4.69, 9.17) is 9.47 Å². The molecule has 6 heteroatoms. The van der Waals surface area contributed by atoms with Gasteiger partial charge in [0.05, 0.1) is 18.8 Å². The van der Waals surface area contributed by atoms with E-state index in [1.54, 1.807) is 24.3 Å². The zero-order valence-electron chi connectivity index (χ0n) is 18.6. The second-order valence-electron chi connectivity index (χ2n) is 10.1. The summed E-state index contributed by atoms with van der Waals surface area (Å²) in [5.74, 6) is -2.97. The fourth-order valence-electron chi connectivity index (χ4n) is 7.52. The van der Waals surface area contributed by atoms with Crippen molar-refractivity contribution in [3.63, 3.8) is 0 Å². The van der Waals surface area contributed by atoms with Crippen LogP contribution in [0, 0.1) is 46.8 Å². The summed E-state index contributed by atoms with van der Waals surface area (Å²) >= 11 is 0. The van der Waals surface area contributed by atoms with Gasteiger partial charge in [0.2, 0.25) is 0 Å². The molecule has 0 aromatic heterocycles. The maximum atomic E-state index is 14.2. The number of fused-ring (bicyclic) bond motifs is 6. The molecule has 0 saturated heterocycles. The zero-order valence-corrected chi connectivity index (χ0v) is 18.6. The third-order valence-corrected chi connectivity index (χ3v) is 8.76. The van der Waals surface area contributed by atoms with Crippen LogP contribution in [0.2, 0.25) is 0 Å². The summed E-state index contributed by atoms with van der Waals surface area (Å²) in [4.78, 5) is 40.7. The molecule has 32 heavy (non-hydrogen) atoms. The van der Waals surface area contributed by atoms with Gasteiger partial charge in [-0.1, -0.05) is 44.2 Å². The second kappa shape index (κ2) is 7.55. The highest BCUT2D eigenvalue weighted by Crippen LogP contribution is 2.65. The Morgan fingerprint density at radius 2 is 1.81 bits per heavy atom. The van der Waals surface area contributed by atoms with Gasteiger partial charge < -0.3 is 14.6 Å². The first kappa shape index (κ1) is 21.4. The minimum atomic E-state index is -1.39. The molecule has 4 aliphatic rings. The maximum absolute atomic E-state index is 14.2. The highest BCUT2D eigenvalue weighted by atomic mass is 16.5. The number of methoxy groups -OCH3 is 1. The molecule has 3 saturated carbocycles. The summed E-state index contributed by atoms with van der Waals surface area (Å²) in [6.45, 7) is 3.84. The van der Waals surface area contributed by atoms with Crippen molar-refractivity contribution in [1.29, 1.82) is 0 Å². The van der Waals surface area contributed by atoms with Crippen LogP contribution in [-0.4, -0.2) is 42.1 Å². The molecule has 6 nitrogen and oxygen atoms in total. The number of esters is 2. The molecule has 0 radical (unpaired) electrons. The number of hydrogen-bond donors (Lipinski definition) is 1. The van der Waals surface area contributed by atoms with Crippen LogP contribution < -0.4 is 0 Å². The van der Waals surface area contributed by atoms with Gasteiger partial charge in [-0.05, 0) is 48.6 Å². The fourth-order valence-corrected chi connectivity index (χ4v) is 7.52. The van der Waals surface area contributed by atoms with Gasteiger partial charge in [0.25, 0.3) is 0 Å². The first-order chi connectivity index (χ1) is 15.3. The van der Waals surface area contributed by atoms with Gasteiger partial charge in [-0.3, -0.25) is 9.59 Å². The van der Waals surface area contributed by atoms with Gasteiger partial charge in [-0.25, -0.2) is 4.79 Å². The van der Waals surface area contributed by atoms with Gasteiger partial charge in [0.1, 0.15) is 11.5 Å². The minimum Gasteiger partial charge on any atom is -0.468 e. The third-order valence-electron chi connectivity index (χ3n) is 8.76. The number of ether oxygens (including phenoxy) is 2. The molecule has 1 aromatic carbocycles. The van der Waals surface area contributed by atoms with Crippen molar-refractivity contribution in [2.75, 3.05) is 7.11 Å². The molecular weight excluding hydrogens is 408 g/mol. The van der Waals surface area contributed by atoms with E-state index in [9.17, 15) is 19.5 Å². The minimum absolute atomic E-state index is 0.00122. The number of aliphatic hydroxyl groups excluding tert-OH is 1. The Bertz CT molecular complexity index is 970. The van der Waals surface area contributed by atoms with Crippen LogP contribution in [-0.2, 0) is 19.1 Å². The standard InChI is InChI=1S/C26H30O6/c1-13-9-10-14(2)26(25(30)31-3)21(13)22(32-24(29)15-7-5-4-6-8-15)20-17-11-16(12-18(17)27)19(20)23(26)28/h4-10,13-14,16-22,27H,11-12H2,1-3H3/t13?,14?,16-,17+,18-,19?,20?,21-,22?,26-/m0/s1. The lowest BCUT2D eigenvalue weighted by atomic mass is 9.46. The largest absolute Gasteiger partial charge is 0.468 e. The fraction of sp³-hybridized carbons (Fsp3) is 0.577. The Hall–Kier alpha value is -2.47. The van der Waals surface area contributed by atoms with Gasteiger partial charge in [-0.15, -0.1) is 0 Å². The Morgan fingerprint density at radius 3 is 2.50 bits per heavy atom. The summed E-state index contributed by atoms with van der Waals surface area (Å²) in [7, 11) is 1.32. The van der Waals surface area contributed by atoms with Gasteiger partial charge in [0.15, 0.2) is 5.78 Å². The van der Waals surface area contributed by atoms with Crippen LogP contribution in [0.25, 0.3) is 0 Å². The van der Waals surface area contributed by atoms with Crippen molar-refractivity contribution in [2.45, 2.75) is 38.9 Å². The molecule has 4 aliphatic carbocycles. The number of aliphatic hydroxyl groups is 1. The van der Waals surface area contributed by atoms with Crippen LogP contribution in [0.3, 0.4) is 0 Å². The first-order valence-electron chi connectivity index (χ1n) is 11.6. The average Bonchev–Trinajstić information content (AvgIpc) is 3.36. The van der Waals surface area contributed by atoms with Crippen molar-refractivity contribution >= 4 is 17.7 Å². The van der Waals surface area contributed by atoms with E-state index in [1.807, 2.05) is 32.1 Å². The lowest BCUT2D eigenvalue weighted by Gasteiger charge is -2.56. The van der Waals surface area contributed by atoms with E-state index in [2.05, 4.69) is 0 Å². The average molecular weight is 439 g/mol. The predicted molar refractivity (Wildman–Crippen MR) is 115 cm³/mol. The summed E-state index contributed by atoms with van der Waals surface area (Å²) in [5, 5.41) is 10.7. The molecule has 0 heterocycles. The normalized spacial score (nSPS) is 44.0. The van der Waals surface area contributed by atoms with Gasteiger partial charge in [0, 0.05) is 17.8 Å². The quantitative estimate of drug-likeness (QED) is 0.443. The van der Waals surface area contributed by atoms with Crippen LogP contribution in [0.4, 0.5) is 0 Å². The number of carbonyl (C=O) groups is 3. The Morgan fingerprint density at radius 1 is 1.09 bits per heavy atom. The highest BCUT2D eigenvalue weighted by Gasteiger charge is 2.73. The molecule has 1 N–H and O–H groups in total. The first-order valence-corrected chi connectivity index (χ1v) is 11.6. The Labute approximate surface area is 188 Å². The summed E-state index contributed by atoms with van der Waals surface area (Å²) < 4.78 is 11.4. The number of ketones is 1. The van der Waals surface area contributed by atoms with E-state index in [1.165, 1.54) is 7.11 Å². The SMILES string of the molecule is COC(=O)[C@]12C(=O)C3C(C(OC(=O)c4ccccc4)[C@@H]1C(C)C=CC2C)[C@@H]1C[C@H]3C[C@@H]1O. The summed E-state index contributed by atoms with van der Waals surface area (Å²) in [5.41, 5.74) is -0.957. The highest BCUT2D eigenvalue weighted by molar-refractivity contribution is 6.07. The topological polar surface area (TPSA) is 89.9 Å². The molecule has 1 aromatic rings. The van der Waals surface area contributed by atoms with Crippen LogP contribution >= 0.6 is 0 Å². The maximum Gasteiger partial charge on any atom is 0.338 e. The van der Waals surface area contributed by atoms with Crippen molar-refractivity contribution in [3.8, 4) is 0 Å². The molecule has 0 amide bonds. The molecule has 5 unspecified atom stereocenters. The van der Waals surface area contributed by atoms with Gasteiger partial charge >= 0.3 is 11.9 Å². The predicted octanol–water partition coefficient (Wildman–Crippen LogP) is 3.05. The van der Waals surface area contributed by atoms with Crippen LogP contribution in [0.1, 0.15) is 37.0 Å². The number of rotatable bonds is 3. The molecule has 2 bridgehead atoms. The van der Waals surface area contributed by atoms with Crippen molar-refractivity contribution in [2.24, 2.45) is 46.8 Å². The Balaban J connectivity index is 1.65. The molecule has 0 aliphatic heterocycles. The number of benzene rings is 1. The molecule has 3 fully saturated rings. The molecule has 170 valence electrons. The number of hydrogen-bond acceptors (Lipinski definition) is 6. The third kappa shape index (κ3) is 2.71. The Kier molecular flexibility index (Phi) is 5.04. The second-order valence-corrected chi connectivity index (χ2v) is 10.1. The number of carbonyl (C=O) groups excluding carboxylic acids is 3. The van der Waals surface area contributed by atoms with E-state index < -0.39 is 41.4 Å².